The van der Waals surface area contributed by atoms with Crippen LogP contribution in [0.1, 0.15) is 34.5 Å². The topological polar surface area (TPSA) is 72.4 Å². The van der Waals surface area contributed by atoms with Gasteiger partial charge in [0.2, 0.25) is 0 Å². The van der Waals surface area contributed by atoms with Crippen LogP contribution in [0, 0.1) is 19.3 Å². The van der Waals surface area contributed by atoms with Crippen LogP contribution in [0.5, 0.6) is 0 Å². The zero-order valence-electron chi connectivity index (χ0n) is 14.0. The number of hydrogen-bond acceptors (Lipinski definition) is 5. The van der Waals surface area contributed by atoms with E-state index < -0.39 is 0 Å². The van der Waals surface area contributed by atoms with Gasteiger partial charge in [0.1, 0.15) is 10.6 Å². The summed E-state index contributed by atoms with van der Waals surface area (Å²) in [5, 5.41) is 0.759. The minimum atomic E-state index is 0. The molecule has 8 heteroatoms. The molecular weight excluding hydrogens is 369 g/mol. The van der Waals surface area contributed by atoms with Gasteiger partial charge in [0, 0.05) is 13.1 Å². The van der Waals surface area contributed by atoms with Crippen LogP contribution < -0.4 is 5.73 Å². The number of nitrogens with two attached hydrogens (primary N) is 1. The maximum Gasteiger partial charge on any atom is 0.265 e. The number of furan rings is 1. The average Bonchev–Trinajstić information content (AvgIpc) is 3.18. The van der Waals surface area contributed by atoms with E-state index in [-0.39, 0.29) is 36.1 Å². The highest BCUT2D eigenvalue weighted by molar-refractivity contribution is 7.17. The highest BCUT2D eigenvalue weighted by atomic mass is 35.5. The maximum absolute atomic E-state index is 12.7. The van der Waals surface area contributed by atoms with Crippen molar-refractivity contribution in [2.75, 3.05) is 19.6 Å². The molecule has 1 aliphatic rings. The van der Waals surface area contributed by atoms with E-state index in [0.29, 0.717) is 11.4 Å². The van der Waals surface area contributed by atoms with E-state index in [0.717, 1.165) is 41.7 Å². The number of carbonyl (C=O) groups is 1. The Balaban J connectivity index is 0.00000144. The molecule has 134 valence electrons. The molecular formula is C16H23Cl2N3O2S. The van der Waals surface area contributed by atoms with Gasteiger partial charge in [-0.25, -0.2) is 4.98 Å². The van der Waals surface area contributed by atoms with Crippen LogP contribution >= 0.6 is 36.2 Å². The molecule has 0 spiro atoms. The fourth-order valence-corrected chi connectivity index (χ4v) is 3.75. The molecule has 1 unspecified atom stereocenters. The smallest absolute Gasteiger partial charge is 0.265 e. The first-order chi connectivity index (χ1) is 10.4. The molecule has 3 rings (SSSR count). The minimum absolute atomic E-state index is 0. The summed E-state index contributed by atoms with van der Waals surface area (Å²) in [5.41, 5.74) is 6.62. The molecule has 2 aromatic rings. The molecule has 0 bridgehead atoms. The quantitative estimate of drug-likeness (QED) is 0.865. The van der Waals surface area contributed by atoms with Crippen molar-refractivity contribution < 1.29 is 9.21 Å². The van der Waals surface area contributed by atoms with Gasteiger partial charge in [-0.1, -0.05) is 6.92 Å². The molecule has 0 aromatic carbocycles. The van der Waals surface area contributed by atoms with E-state index in [1.54, 1.807) is 0 Å². The predicted octanol–water partition coefficient (Wildman–Crippen LogP) is 3.67. The van der Waals surface area contributed by atoms with Crippen molar-refractivity contribution in [3.63, 3.8) is 0 Å². The first kappa shape index (κ1) is 21.0. The van der Waals surface area contributed by atoms with E-state index in [1.807, 2.05) is 30.9 Å². The molecule has 1 fully saturated rings. The van der Waals surface area contributed by atoms with Gasteiger partial charge in [-0.3, -0.25) is 4.79 Å². The Bertz CT molecular complexity index is 716. The Morgan fingerprint density at radius 1 is 1.42 bits per heavy atom. The van der Waals surface area contributed by atoms with Crippen molar-refractivity contribution in [1.82, 2.24) is 9.88 Å². The van der Waals surface area contributed by atoms with E-state index in [2.05, 4.69) is 11.9 Å². The summed E-state index contributed by atoms with van der Waals surface area (Å²) in [6, 6.07) is 3.80. The van der Waals surface area contributed by atoms with Gasteiger partial charge in [-0.05, 0) is 44.4 Å². The number of aromatic nitrogens is 1. The monoisotopic (exact) mass is 391 g/mol. The van der Waals surface area contributed by atoms with Crippen LogP contribution in [0.4, 0.5) is 0 Å². The number of hydrogen-bond donors (Lipinski definition) is 1. The molecule has 1 aliphatic heterocycles. The summed E-state index contributed by atoms with van der Waals surface area (Å²) in [6.07, 6.45) is 0.956. The molecule has 0 radical (unpaired) electrons. The van der Waals surface area contributed by atoms with Gasteiger partial charge in [0.25, 0.3) is 5.91 Å². The number of aryl methyl sites for hydroxylation is 2. The number of nitrogens with zero attached hydrogens (tertiary/aromatic N) is 2. The highest BCUT2D eigenvalue weighted by Crippen LogP contribution is 2.33. The van der Waals surface area contributed by atoms with Gasteiger partial charge in [-0.15, -0.1) is 36.2 Å². The Morgan fingerprint density at radius 3 is 2.67 bits per heavy atom. The van der Waals surface area contributed by atoms with Crippen molar-refractivity contribution in [2.45, 2.75) is 27.2 Å². The summed E-state index contributed by atoms with van der Waals surface area (Å²) in [4.78, 5) is 19.8. The molecule has 0 aliphatic carbocycles. The lowest BCUT2D eigenvalue weighted by Gasteiger charge is -2.22. The van der Waals surface area contributed by atoms with E-state index in [9.17, 15) is 4.79 Å². The van der Waals surface area contributed by atoms with Crippen LogP contribution in [0.15, 0.2) is 16.5 Å². The van der Waals surface area contributed by atoms with Crippen LogP contribution in [-0.2, 0) is 0 Å². The summed E-state index contributed by atoms with van der Waals surface area (Å²) in [5.74, 6) is 1.62. The van der Waals surface area contributed by atoms with Crippen molar-refractivity contribution in [3.05, 3.63) is 28.5 Å². The van der Waals surface area contributed by atoms with Gasteiger partial charge in [-0.2, -0.15) is 0 Å². The van der Waals surface area contributed by atoms with Gasteiger partial charge < -0.3 is 15.1 Å². The largest absolute Gasteiger partial charge is 0.459 e. The summed E-state index contributed by atoms with van der Waals surface area (Å²) in [7, 11) is 0. The SMILES string of the molecule is Cc1ccc(-c2nc(C)c(C(=O)N3CCC(C)(CN)C3)s2)o1.Cl.Cl. The van der Waals surface area contributed by atoms with Gasteiger partial charge in [0.05, 0.1) is 5.69 Å². The fourth-order valence-electron chi connectivity index (χ4n) is 2.76. The first-order valence-corrected chi connectivity index (χ1v) is 8.27. The lowest BCUT2D eigenvalue weighted by Crippen LogP contribution is -2.34. The molecule has 1 atom stereocenters. The zero-order valence-corrected chi connectivity index (χ0v) is 16.4. The Labute approximate surface area is 158 Å². The van der Waals surface area contributed by atoms with Crippen LogP contribution in [0.3, 0.4) is 0 Å². The van der Waals surface area contributed by atoms with Gasteiger partial charge in [0.15, 0.2) is 10.8 Å². The molecule has 2 aromatic heterocycles. The summed E-state index contributed by atoms with van der Waals surface area (Å²) < 4.78 is 5.60. The van der Waals surface area contributed by atoms with Crippen LogP contribution in [0.25, 0.3) is 10.8 Å². The van der Waals surface area contributed by atoms with Crippen molar-refractivity contribution in [3.8, 4) is 10.8 Å². The first-order valence-electron chi connectivity index (χ1n) is 7.45. The van der Waals surface area contributed by atoms with E-state index in [4.69, 9.17) is 10.2 Å². The Morgan fingerprint density at radius 2 is 2.12 bits per heavy atom. The molecule has 24 heavy (non-hydrogen) atoms. The normalized spacial score (nSPS) is 19.8. The second-order valence-electron chi connectivity index (χ2n) is 6.34. The lowest BCUT2D eigenvalue weighted by molar-refractivity contribution is 0.0780. The number of halogens is 2. The van der Waals surface area contributed by atoms with Crippen LogP contribution in [0.2, 0.25) is 0 Å². The fraction of sp³-hybridized carbons (Fsp3) is 0.500. The van der Waals surface area contributed by atoms with E-state index in [1.165, 1.54) is 11.3 Å². The average molecular weight is 392 g/mol. The third kappa shape index (κ3) is 3.94. The summed E-state index contributed by atoms with van der Waals surface area (Å²) >= 11 is 1.40. The van der Waals surface area contributed by atoms with Crippen LogP contribution in [-0.4, -0.2) is 35.4 Å². The third-order valence-electron chi connectivity index (χ3n) is 4.28. The molecule has 0 saturated carbocycles. The number of rotatable bonds is 3. The lowest BCUT2D eigenvalue weighted by atomic mass is 9.90. The minimum Gasteiger partial charge on any atom is -0.459 e. The maximum atomic E-state index is 12.7. The standard InChI is InChI=1S/C16H21N3O2S.2ClH/c1-10-4-5-12(21-10)14-18-11(2)13(22-14)15(20)19-7-6-16(3,8-17)9-19;;/h4-5H,6-9,17H2,1-3H3;2*1H. The number of thiazole rings is 1. The zero-order chi connectivity index (χ0) is 15.9. The predicted molar refractivity (Wildman–Crippen MR) is 101 cm³/mol. The Kier molecular flexibility index (Phi) is 6.87. The number of likely N-dealkylation sites (tertiary alicyclic amines) is 1. The molecule has 5 nitrogen and oxygen atoms in total. The van der Waals surface area contributed by atoms with E-state index >= 15 is 0 Å². The Hall–Kier alpha value is -1.08. The molecule has 2 N–H and O–H groups in total. The van der Waals surface area contributed by atoms with Crippen molar-refractivity contribution in [2.24, 2.45) is 11.1 Å². The number of amides is 1. The molecule has 1 amide bonds. The second kappa shape index (κ2) is 7.87. The second-order valence-corrected chi connectivity index (χ2v) is 7.33. The number of carbonyl (C=O) groups excluding carboxylic acids is 1. The van der Waals surface area contributed by atoms with Crippen molar-refractivity contribution >= 4 is 42.1 Å². The molecule has 1 saturated heterocycles. The van der Waals surface area contributed by atoms with Gasteiger partial charge >= 0.3 is 0 Å². The molecule has 3 heterocycles. The van der Waals surface area contributed by atoms with Crippen molar-refractivity contribution in [1.29, 1.82) is 0 Å². The third-order valence-corrected chi connectivity index (χ3v) is 5.44. The summed E-state index contributed by atoms with van der Waals surface area (Å²) in [6.45, 7) is 8.00. The highest BCUT2D eigenvalue weighted by Gasteiger charge is 2.36.